The van der Waals surface area contributed by atoms with E-state index in [1.807, 2.05) is 4.90 Å². The summed E-state index contributed by atoms with van der Waals surface area (Å²) in [6.45, 7) is 0.289. The summed E-state index contributed by atoms with van der Waals surface area (Å²) in [5.74, 6) is -2.84. The summed E-state index contributed by atoms with van der Waals surface area (Å²) in [6.07, 6.45) is -5.82. The molecule has 1 aromatic carbocycles. The van der Waals surface area contributed by atoms with Gasteiger partial charge in [0.1, 0.15) is 17.5 Å². The maximum Gasteiger partial charge on any atom is 0.417 e. The van der Waals surface area contributed by atoms with Crippen LogP contribution in [0.15, 0.2) is 65.8 Å². The lowest BCUT2D eigenvalue weighted by Crippen LogP contribution is -2.47. The van der Waals surface area contributed by atoms with E-state index in [1.165, 1.54) is 4.52 Å². The summed E-state index contributed by atoms with van der Waals surface area (Å²) in [5.41, 5.74) is 0.735. The van der Waals surface area contributed by atoms with Gasteiger partial charge in [-0.2, -0.15) is 26.3 Å². The first-order valence-corrected chi connectivity index (χ1v) is 14.1. The molecule has 1 aliphatic rings. The number of carbonyl (C=O) groups excluding carboxylic acids is 1. The molecule has 0 aliphatic carbocycles. The lowest BCUT2D eigenvalue weighted by atomic mass is 9.86. The van der Waals surface area contributed by atoms with Gasteiger partial charge in [-0.3, -0.25) is 14.6 Å². The van der Waals surface area contributed by atoms with Crippen molar-refractivity contribution in [2.75, 3.05) is 11.4 Å². The predicted octanol–water partition coefficient (Wildman–Crippen LogP) is 5.03. The quantitative estimate of drug-likeness (QED) is 0.244. The Hall–Kier alpha value is -5.35. The number of H-pyrrole nitrogens is 1. The van der Waals surface area contributed by atoms with E-state index in [0.29, 0.717) is 36.2 Å². The number of primary amides is 1. The summed E-state index contributed by atoms with van der Waals surface area (Å²) in [4.78, 5) is 40.4. The number of carbonyl (C=O) groups is 1. The molecule has 17 heteroatoms. The number of benzene rings is 1. The van der Waals surface area contributed by atoms with Gasteiger partial charge < -0.3 is 15.6 Å². The van der Waals surface area contributed by atoms with Gasteiger partial charge >= 0.3 is 12.4 Å². The fourth-order valence-corrected chi connectivity index (χ4v) is 5.68. The minimum absolute atomic E-state index is 0.152. The Morgan fingerprint density at radius 3 is 2.47 bits per heavy atom. The number of amides is 1. The average molecular weight is 661 g/mol. The Morgan fingerprint density at radius 1 is 1.00 bits per heavy atom. The number of imidazole rings is 1. The van der Waals surface area contributed by atoms with Crippen molar-refractivity contribution in [2.45, 2.75) is 37.7 Å². The number of aromatic nitrogens is 6. The Balaban J connectivity index is 1.42. The molecule has 3 N–H and O–H groups in total. The van der Waals surface area contributed by atoms with E-state index in [1.54, 1.807) is 24.5 Å². The Labute approximate surface area is 260 Å². The number of nitrogens with two attached hydrogens (primary N) is 1. The van der Waals surface area contributed by atoms with Gasteiger partial charge in [-0.25, -0.2) is 18.9 Å². The zero-order chi connectivity index (χ0) is 33.7. The predicted molar refractivity (Wildman–Crippen MR) is 153 cm³/mol. The first kappa shape index (κ1) is 31.6. The number of nitrogens with one attached hydrogen (secondary N) is 1. The van der Waals surface area contributed by atoms with Crippen LogP contribution in [0, 0.1) is 11.7 Å². The molecule has 0 saturated carbocycles. The lowest BCUT2D eigenvalue weighted by Gasteiger charge is -2.39. The van der Waals surface area contributed by atoms with Crippen molar-refractivity contribution < 1.29 is 35.5 Å². The van der Waals surface area contributed by atoms with Crippen molar-refractivity contribution in [3.63, 3.8) is 0 Å². The third-order valence-corrected chi connectivity index (χ3v) is 7.97. The molecular formula is C30H23F7N8O2. The fraction of sp³-hybridized carbons (Fsp3) is 0.267. The van der Waals surface area contributed by atoms with Gasteiger partial charge in [-0.15, -0.1) is 5.10 Å². The van der Waals surface area contributed by atoms with Gasteiger partial charge in [0, 0.05) is 43.2 Å². The molecule has 47 heavy (non-hydrogen) atoms. The van der Waals surface area contributed by atoms with Crippen molar-refractivity contribution in [3.8, 4) is 22.8 Å². The molecule has 2 unspecified atom stereocenters. The van der Waals surface area contributed by atoms with Crippen molar-refractivity contribution in [1.82, 2.24) is 29.5 Å². The van der Waals surface area contributed by atoms with Gasteiger partial charge in [-0.1, -0.05) is 6.07 Å². The molecule has 5 aromatic rings. The monoisotopic (exact) mass is 660 g/mol. The summed E-state index contributed by atoms with van der Waals surface area (Å²) in [7, 11) is 0. The van der Waals surface area contributed by atoms with Crippen molar-refractivity contribution in [2.24, 2.45) is 11.7 Å². The molecule has 0 bridgehead atoms. The van der Waals surface area contributed by atoms with Crippen LogP contribution in [0.5, 0.6) is 0 Å². The maximum atomic E-state index is 16.4. The molecule has 4 aromatic heterocycles. The molecule has 0 spiro atoms. The van der Waals surface area contributed by atoms with Crippen LogP contribution in [0.4, 0.5) is 36.6 Å². The molecule has 1 aliphatic heterocycles. The van der Waals surface area contributed by atoms with E-state index in [0.717, 1.165) is 18.2 Å². The number of rotatable bonds is 6. The highest BCUT2D eigenvalue weighted by Gasteiger charge is 2.38. The van der Waals surface area contributed by atoms with E-state index in [-0.39, 0.29) is 36.3 Å². The Kier molecular flexibility index (Phi) is 7.93. The molecule has 1 amide bonds. The van der Waals surface area contributed by atoms with Crippen LogP contribution in [0.25, 0.3) is 28.4 Å². The van der Waals surface area contributed by atoms with Gasteiger partial charge in [0.2, 0.25) is 5.91 Å². The highest BCUT2D eigenvalue weighted by atomic mass is 19.4. The second-order valence-corrected chi connectivity index (χ2v) is 11.0. The minimum atomic E-state index is -5.09. The number of hydrogen-bond acceptors (Lipinski definition) is 7. The number of piperidine rings is 1. The molecular weight excluding hydrogens is 637 g/mol. The van der Waals surface area contributed by atoms with Crippen LogP contribution >= 0.6 is 0 Å². The number of hydrogen-bond donors (Lipinski definition) is 2. The first-order valence-electron chi connectivity index (χ1n) is 14.1. The molecule has 5 heterocycles. The highest BCUT2D eigenvalue weighted by molar-refractivity contribution is 5.77. The lowest BCUT2D eigenvalue weighted by molar-refractivity contribution is -0.138. The van der Waals surface area contributed by atoms with Crippen LogP contribution < -0.4 is 16.2 Å². The number of alkyl halides is 6. The molecule has 6 rings (SSSR count). The second kappa shape index (κ2) is 11.8. The van der Waals surface area contributed by atoms with Crippen molar-refractivity contribution in [1.29, 1.82) is 0 Å². The minimum Gasteiger partial charge on any atom is -0.369 e. The average Bonchev–Trinajstić information content (AvgIpc) is 3.49. The largest absolute Gasteiger partial charge is 0.417 e. The highest BCUT2D eigenvalue weighted by Crippen LogP contribution is 2.40. The van der Waals surface area contributed by atoms with Crippen LogP contribution in [0.3, 0.4) is 0 Å². The number of nitrogens with zero attached hydrogens (tertiary/aromatic N) is 6. The Bertz CT molecular complexity index is 2020. The van der Waals surface area contributed by atoms with Crippen LogP contribution in [0.2, 0.25) is 0 Å². The summed E-state index contributed by atoms with van der Waals surface area (Å²) in [5, 5.41) is 4.53. The second-order valence-electron chi connectivity index (χ2n) is 11.0. The van der Waals surface area contributed by atoms with Gasteiger partial charge in [0.15, 0.2) is 5.65 Å². The number of anilines is 1. The molecule has 10 nitrogen and oxygen atoms in total. The van der Waals surface area contributed by atoms with E-state index >= 15 is 4.39 Å². The normalized spacial score (nSPS) is 17.3. The van der Waals surface area contributed by atoms with Crippen LogP contribution in [-0.4, -0.2) is 48.0 Å². The van der Waals surface area contributed by atoms with Gasteiger partial charge in [0.05, 0.1) is 28.1 Å². The summed E-state index contributed by atoms with van der Waals surface area (Å²) >= 11 is 0. The van der Waals surface area contributed by atoms with Crippen LogP contribution in [-0.2, 0) is 23.6 Å². The van der Waals surface area contributed by atoms with Gasteiger partial charge in [0.25, 0.3) is 5.56 Å². The summed E-state index contributed by atoms with van der Waals surface area (Å²) < 4.78 is 99.6. The Morgan fingerprint density at radius 2 is 1.79 bits per heavy atom. The van der Waals surface area contributed by atoms with E-state index < -0.39 is 64.1 Å². The number of halogens is 7. The third kappa shape index (κ3) is 6.37. The van der Waals surface area contributed by atoms with E-state index in [9.17, 15) is 35.9 Å². The zero-order valence-corrected chi connectivity index (χ0v) is 24.0. The topological polar surface area (TPSA) is 135 Å². The van der Waals surface area contributed by atoms with Crippen LogP contribution in [0.1, 0.15) is 29.5 Å². The molecule has 2 atom stereocenters. The standard InChI is InChI=1S/C30H23F7N8O2/c31-26-15(11-18-12-16(27(38)47)7-9-44(18)23-6-5-22-39-8-10-45(22)43-23)1-3-19(30(35,36)37)25(26)28-41-21(13-24(46)42-28)20-4-2-17(14-40-20)29(32,33)34/h1-6,8,10,13-14,16,18H,7,9,11-12H2,(H2,38,47)(H,41,42,46). The zero-order valence-electron chi connectivity index (χ0n) is 24.0. The van der Waals surface area contributed by atoms with Crippen molar-refractivity contribution >= 4 is 17.4 Å². The SMILES string of the molecule is NC(=O)C1CCN(c2ccc3nccn3n2)C(Cc2ccc(C(F)(F)F)c(-c3nc(-c4ccc(C(F)(F)F)cn4)cc(=O)[nH]3)c2F)C1. The number of pyridine rings is 1. The number of aromatic amines is 1. The van der Waals surface area contributed by atoms with Crippen molar-refractivity contribution in [3.05, 3.63) is 93.9 Å². The summed E-state index contributed by atoms with van der Waals surface area (Å²) in [6, 6.07) is 6.77. The molecule has 1 saturated heterocycles. The smallest absolute Gasteiger partial charge is 0.369 e. The van der Waals surface area contributed by atoms with E-state index in [4.69, 9.17) is 5.73 Å². The first-order chi connectivity index (χ1) is 22.2. The number of fused-ring (bicyclic) bond motifs is 1. The molecule has 1 fully saturated rings. The fourth-order valence-electron chi connectivity index (χ4n) is 5.68. The maximum absolute atomic E-state index is 16.4. The molecule has 0 radical (unpaired) electrons. The molecule has 244 valence electrons. The third-order valence-electron chi connectivity index (χ3n) is 7.97. The van der Waals surface area contributed by atoms with Gasteiger partial charge in [-0.05, 0) is 55.2 Å². The van der Waals surface area contributed by atoms with E-state index in [2.05, 4.69) is 25.0 Å².